The number of aliphatic hydroxyl groups excluding tert-OH is 1. The summed E-state index contributed by atoms with van der Waals surface area (Å²) in [6, 6.07) is 10.5. The Labute approximate surface area is 191 Å². The summed E-state index contributed by atoms with van der Waals surface area (Å²) >= 11 is 0. The summed E-state index contributed by atoms with van der Waals surface area (Å²) in [7, 11) is 2.17. The molecule has 5 rings (SSSR count). The molecule has 2 N–H and O–H groups in total. The second-order valence-corrected chi connectivity index (χ2v) is 8.71. The zero-order valence-corrected chi connectivity index (χ0v) is 19.2. The molecule has 4 heterocycles. The van der Waals surface area contributed by atoms with Crippen LogP contribution in [0.25, 0.3) is 5.65 Å². The number of pyridine rings is 2. The van der Waals surface area contributed by atoms with Gasteiger partial charge in [0.15, 0.2) is 0 Å². The minimum absolute atomic E-state index is 0.228. The van der Waals surface area contributed by atoms with Gasteiger partial charge in [-0.2, -0.15) is 0 Å². The molecule has 1 saturated heterocycles. The Kier molecular flexibility index (Phi) is 8.09. The van der Waals surface area contributed by atoms with Gasteiger partial charge in [0.2, 0.25) is 0 Å². The molecule has 0 aromatic carbocycles. The third-order valence-electron chi connectivity index (χ3n) is 6.26. The summed E-state index contributed by atoms with van der Waals surface area (Å²) < 4.78 is 2.19. The van der Waals surface area contributed by atoms with Gasteiger partial charge in [-0.3, -0.25) is 9.38 Å². The van der Waals surface area contributed by atoms with E-state index in [0.717, 1.165) is 57.0 Å². The van der Waals surface area contributed by atoms with Crippen LogP contribution in [-0.2, 0) is 19.4 Å². The van der Waals surface area contributed by atoms with Crippen LogP contribution in [0.4, 0.5) is 5.82 Å². The molecular formula is C25H36N6O. The van der Waals surface area contributed by atoms with Crippen LogP contribution in [-0.4, -0.2) is 70.8 Å². The maximum Gasteiger partial charge on any atom is 0.138 e. The summed E-state index contributed by atoms with van der Waals surface area (Å²) in [6.45, 7) is 6.09. The lowest BCUT2D eigenvalue weighted by atomic mass is 9.96. The fourth-order valence-corrected chi connectivity index (χ4v) is 4.38. The number of hydrogen-bond donors (Lipinski definition) is 2. The van der Waals surface area contributed by atoms with Crippen LogP contribution in [0.3, 0.4) is 0 Å². The molecule has 1 aliphatic carbocycles. The van der Waals surface area contributed by atoms with Gasteiger partial charge in [0, 0.05) is 57.4 Å². The van der Waals surface area contributed by atoms with Crippen molar-refractivity contribution >= 4 is 11.5 Å². The van der Waals surface area contributed by atoms with Crippen molar-refractivity contribution in [1.82, 2.24) is 24.6 Å². The van der Waals surface area contributed by atoms with E-state index in [0.29, 0.717) is 0 Å². The molecule has 7 nitrogen and oxygen atoms in total. The summed E-state index contributed by atoms with van der Waals surface area (Å²) in [4.78, 5) is 13.8. The number of aryl methyl sites for hydroxylation is 2. The molecule has 0 spiro atoms. The van der Waals surface area contributed by atoms with Crippen LogP contribution >= 0.6 is 0 Å². The standard InChI is InChI=1S/C16H25N5O.C9H11N/c1-19-7-9-20(10-8-19)16-5-2-4-15-18-14(13-21(15)16)12-17-6-3-11-22;1-2-6-9-8(4-1)5-3-7-10-9/h2,4-5,13,17,22H,3,6-12H2,1H3;3,5,7H,1-2,4,6H2. The fourth-order valence-electron chi connectivity index (χ4n) is 4.38. The van der Waals surface area contributed by atoms with E-state index in [1.165, 1.54) is 42.8 Å². The maximum atomic E-state index is 8.81. The molecule has 0 bridgehead atoms. The van der Waals surface area contributed by atoms with E-state index in [-0.39, 0.29) is 6.61 Å². The number of rotatable bonds is 6. The summed E-state index contributed by atoms with van der Waals surface area (Å²) in [5.74, 6) is 1.22. The number of likely N-dealkylation sites (N-methyl/N-ethyl adjacent to an activating group) is 1. The highest BCUT2D eigenvalue weighted by atomic mass is 16.3. The highest BCUT2D eigenvalue weighted by molar-refractivity contribution is 5.52. The monoisotopic (exact) mass is 436 g/mol. The number of aromatic nitrogens is 3. The predicted octanol–water partition coefficient (Wildman–Crippen LogP) is 2.52. The van der Waals surface area contributed by atoms with Crippen molar-refractivity contribution in [3.63, 3.8) is 0 Å². The Bertz CT molecular complexity index is 954. The average Bonchev–Trinajstić information content (AvgIpc) is 3.26. The molecule has 1 fully saturated rings. The van der Waals surface area contributed by atoms with Gasteiger partial charge in [-0.05, 0) is 69.5 Å². The zero-order chi connectivity index (χ0) is 22.2. The smallest absolute Gasteiger partial charge is 0.138 e. The number of imidazole rings is 1. The lowest BCUT2D eigenvalue weighted by Gasteiger charge is -2.34. The molecule has 3 aromatic heterocycles. The highest BCUT2D eigenvalue weighted by Gasteiger charge is 2.17. The number of fused-ring (bicyclic) bond motifs is 2. The minimum atomic E-state index is 0.228. The normalized spacial score (nSPS) is 16.5. The number of anilines is 1. The van der Waals surface area contributed by atoms with Gasteiger partial charge in [0.1, 0.15) is 11.5 Å². The summed E-state index contributed by atoms with van der Waals surface area (Å²) in [6.07, 6.45) is 9.89. The Balaban J connectivity index is 0.000000203. The molecule has 0 amide bonds. The van der Waals surface area contributed by atoms with Crippen molar-refractivity contribution in [1.29, 1.82) is 0 Å². The first-order valence-electron chi connectivity index (χ1n) is 11.9. The Morgan fingerprint density at radius 3 is 2.69 bits per heavy atom. The number of aliphatic hydroxyl groups is 1. The van der Waals surface area contributed by atoms with Crippen LogP contribution in [0.2, 0.25) is 0 Å². The summed E-state index contributed by atoms with van der Waals surface area (Å²) in [5.41, 5.74) is 4.83. The maximum absolute atomic E-state index is 8.81. The molecule has 7 heteroatoms. The fraction of sp³-hybridized carbons (Fsp3) is 0.520. The van der Waals surface area contributed by atoms with Crippen LogP contribution in [0.15, 0.2) is 42.7 Å². The average molecular weight is 437 g/mol. The van der Waals surface area contributed by atoms with Crippen LogP contribution in [0, 0.1) is 0 Å². The van der Waals surface area contributed by atoms with E-state index in [9.17, 15) is 0 Å². The van der Waals surface area contributed by atoms with Crippen LogP contribution in [0.5, 0.6) is 0 Å². The van der Waals surface area contributed by atoms with E-state index in [4.69, 9.17) is 5.11 Å². The van der Waals surface area contributed by atoms with Gasteiger partial charge < -0.3 is 20.2 Å². The summed E-state index contributed by atoms with van der Waals surface area (Å²) in [5, 5.41) is 12.1. The number of nitrogens with zero attached hydrogens (tertiary/aromatic N) is 5. The van der Waals surface area contributed by atoms with Gasteiger partial charge >= 0.3 is 0 Å². The molecule has 32 heavy (non-hydrogen) atoms. The third kappa shape index (κ3) is 5.85. The van der Waals surface area contributed by atoms with E-state index in [2.05, 4.69) is 67.0 Å². The molecule has 0 unspecified atom stereocenters. The van der Waals surface area contributed by atoms with Crippen molar-refractivity contribution in [2.45, 2.75) is 38.6 Å². The topological polar surface area (TPSA) is 68.9 Å². The first kappa shape index (κ1) is 22.7. The lowest BCUT2D eigenvalue weighted by molar-refractivity contribution is 0.286. The number of hydrogen-bond acceptors (Lipinski definition) is 6. The molecular weight excluding hydrogens is 400 g/mol. The quantitative estimate of drug-likeness (QED) is 0.579. The van der Waals surface area contributed by atoms with E-state index in [1.54, 1.807) is 0 Å². The predicted molar refractivity (Wildman–Crippen MR) is 129 cm³/mol. The van der Waals surface area contributed by atoms with Crippen molar-refractivity contribution < 1.29 is 5.11 Å². The van der Waals surface area contributed by atoms with Gasteiger partial charge in [0.05, 0.1) is 5.69 Å². The Morgan fingerprint density at radius 1 is 1.03 bits per heavy atom. The van der Waals surface area contributed by atoms with E-state index < -0.39 is 0 Å². The zero-order valence-electron chi connectivity index (χ0n) is 19.2. The van der Waals surface area contributed by atoms with Gasteiger partial charge in [-0.25, -0.2) is 4.98 Å². The van der Waals surface area contributed by atoms with Crippen LogP contribution < -0.4 is 10.2 Å². The second-order valence-electron chi connectivity index (χ2n) is 8.71. The second kappa shape index (κ2) is 11.4. The Hall–Kier alpha value is -2.48. The molecule has 0 saturated carbocycles. The van der Waals surface area contributed by atoms with Crippen molar-refractivity contribution in [2.75, 3.05) is 51.3 Å². The van der Waals surface area contributed by atoms with Crippen LogP contribution in [0.1, 0.15) is 36.2 Å². The highest BCUT2D eigenvalue weighted by Crippen LogP contribution is 2.19. The molecule has 0 radical (unpaired) electrons. The molecule has 1 aliphatic heterocycles. The van der Waals surface area contributed by atoms with Gasteiger partial charge in [-0.15, -0.1) is 0 Å². The van der Waals surface area contributed by atoms with E-state index in [1.807, 2.05) is 12.3 Å². The molecule has 0 atom stereocenters. The SMILES string of the molecule is CN1CCN(c2cccc3nc(CNCCCO)cn23)CC1.c1cnc2c(c1)CCCC2. The number of nitrogens with one attached hydrogen (secondary N) is 1. The van der Waals surface area contributed by atoms with Crippen molar-refractivity contribution in [2.24, 2.45) is 0 Å². The van der Waals surface area contributed by atoms with Crippen molar-refractivity contribution in [3.8, 4) is 0 Å². The first-order chi connectivity index (χ1) is 15.7. The third-order valence-corrected chi connectivity index (χ3v) is 6.26. The van der Waals surface area contributed by atoms with Crippen molar-refractivity contribution in [3.05, 3.63) is 59.7 Å². The molecule has 3 aromatic rings. The van der Waals surface area contributed by atoms with E-state index >= 15 is 0 Å². The molecule has 172 valence electrons. The minimum Gasteiger partial charge on any atom is -0.396 e. The largest absolute Gasteiger partial charge is 0.396 e. The first-order valence-corrected chi connectivity index (χ1v) is 11.9. The van der Waals surface area contributed by atoms with Gasteiger partial charge in [0.25, 0.3) is 0 Å². The Morgan fingerprint density at radius 2 is 1.88 bits per heavy atom. The molecule has 2 aliphatic rings. The lowest BCUT2D eigenvalue weighted by Crippen LogP contribution is -2.45. The number of piperazine rings is 1. The van der Waals surface area contributed by atoms with Gasteiger partial charge in [-0.1, -0.05) is 12.1 Å².